The minimum atomic E-state index is -0.0603. The van der Waals surface area contributed by atoms with E-state index in [1.807, 2.05) is 50.6 Å². The third kappa shape index (κ3) is 3.68. The van der Waals surface area contributed by atoms with Gasteiger partial charge in [0.05, 0.1) is 11.3 Å². The standard InChI is InChI=1S/C15H20N4O/c1-18(2)11-5-9-16-15(20)13-7-3-4-8-14(13)19-12-6-10-17-19/h3-4,6-8,10,12H,5,9,11H2,1-2H3,(H,16,20). The first-order chi connectivity index (χ1) is 9.68. The van der Waals surface area contributed by atoms with Crippen molar-refractivity contribution in [3.63, 3.8) is 0 Å². The molecule has 5 nitrogen and oxygen atoms in total. The van der Waals surface area contributed by atoms with Crippen LogP contribution in [0, 0.1) is 0 Å². The Morgan fingerprint density at radius 2 is 2.10 bits per heavy atom. The van der Waals surface area contributed by atoms with Crippen LogP contribution in [0.3, 0.4) is 0 Å². The summed E-state index contributed by atoms with van der Waals surface area (Å²) in [6.45, 7) is 1.63. The summed E-state index contributed by atoms with van der Waals surface area (Å²) in [5, 5.41) is 7.13. The molecule has 1 heterocycles. The number of hydrogen-bond donors (Lipinski definition) is 1. The normalized spacial score (nSPS) is 10.8. The average Bonchev–Trinajstić information content (AvgIpc) is 2.97. The van der Waals surface area contributed by atoms with Gasteiger partial charge in [0.25, 0.3) is 5.91 Å². The zero-order valence-electron chi connectivity index (χ0n) is 11.9. The number of aromatic nitrogens is 2. The molecule has 5 heteroatoms. The van der Waals surface area contributed by atoms with Crippen molar-refractivity contribution in [2.75, 3.05) is 27.2 Å². The SMILES string of the molecule is CN(C)CCCNC(=O)c1ccccc1-n1cccn1. The van der Waals surface area contributed by atoms with Gasteiger partial charge < -0.3 is 10.2 Å². The zero-order valence-corrected chi connectivity index (χ0v) is 11.9. The second kappa shape index (κ2) is 6.86. The second-order valence-electron chi connectivity index (χ2n) is 4.88. The molecule has 0 fully saturated rings. The summed E-state index contributed by atoms with van der Waals surface area (Å²) in [6.07, 6.45) is 4.46. The van der Waals surface area contributed by atoms with Crippen molar-refractivity contribution in [2.24, 2.45) is 0 Å². The third-order valence-electron chi connectivity index (χ3n) is 2.97. The lowest BCUT2D eigenvalue weighted by Crippen LogP contribution is -2.28. The molecule has 106 valence electrons. The lowest BCUT2D eigenvalue weighted by Gasteiger charge is -2.12. The molecular formula is C15H20N4O. The Labute approximate surface area is 119 Å². The minimum Gasteiger partial charge on any atom is -0.352 e. The lowest BCUT2D eigenvalue weighted by atomic mass is 10.1. The zero-order chi connectivity index (χ0) is 14.4. The number of para-hydroxylation sites is 1. The molecule has 0 saturated heterocycles. The summed E-state index contributed by atoms with van der Waals surface area (Å²) >= 11 is 0. The summed E-state index contributed by atoms with van der Waals surface area (Å²) in [7, 11) is 4.05. The average molecular weight is 272 g/mol. The molecule has 0 spiro atoms. The molecule has 1 aromatic heterocycles. The van der Waals surface area contributed by atoms with Crippen LogP contribution in [0.2, 0.25) is 0 Å². The van der Waals surface area contributed by atoms with Crippen LogP contribution in [0.25, 0.3) is 5.69 Å². The van der Waals surface area contributed by atoms with E-state index in [1.165, 1.54) is 0 Å². The summed E-state index contributed by atoms with van der Waals surface area (Å²) in [4.78, 5) is 14.3. The van der Waals surface area contributed by atoms with Crippen molar-refractivity contribution in [3.05, 3.63) is 48.3 Å². The van der Waals surface area contributed by atoms with Gasteiger partial charge in [-0.3, -0.25) is 4.79 Å². The molecule has 2 aromatic rings. The van der Waals surface area contributed by atoms with E-state index in [9.17, 15) is 4.79 Å². The summed E-state index contributed by atoms with van der Waals surface area (Å²) in [5.74, 6) is -0.0603. The van der Waals surface area contributed by atoms with Crippen LogP contribution in [0.4, 0.5) is 0 Å². The monoisotopic (exact) mass is 272 g/mol. The van der Waals surface area contributed by atoms with Gasteiger partial charge in [-0.15, -0.1) is 0 Å². The molecule has 0 aliphatic carbocycles. The van der Waals surface area contributed by atoms with Gasteiger partial charge in [-0.2, -0.15) is 5.10 Å². The third-order valence-corrected chi connectivity index (χ3v) is 2.97. The Morgan fingerprint density at radius 3 is 2.80 bits per heavy atom. The van der Waals surface area contributed by atoms with E-state index in [4.69, 9.17) is 0 Å². The minimum absolute atomic E-state index is 0.0603. The van der Waals surface area contributed by atoms with Gasteiger partial charge in [-0.1, -0.05) is 12.1 Å². The van der Waals surface area contributed by atoms with Gasteiger partial charge in [-0.05, 0) is 45.3 Å². The first-order valence-corrected chi connectivity index (χ1v) is 6.70. The highest BCUT2D eigenvalue weighted by molar-refractivity contribution is 5.97. The van der Waals surface area contributed by atoms with Gasteiger partial charge in [0.1, 0.15) is 0 Å². The molecule has 1 N–H and O–H groups in total. The molecule has 20 heavy (non-hydrogen) atoms. The van der Waals surface area contributed by atoms with Gasteiger partial charge in [0, 0.05) is 18.9 Å². The maximum absolute atomic E-state index is 12.2. The first-order valence-electron chi connectivity index (χ1n) is 6.70. The molecule has 2 rings (SSSR count). The Balaban J connectivity index is 2.03. The number of carbonyl (C=O) groups excluding carboxylic acids is 1. The van der Waals surface area contributed by atoms with Crippen LogP contribution in [-0.2, 0) is 0 Å². The molecule has 0 atom stereocenters. The van der Waals surface area contributed by atoms with Crippen molar-refractivity contribution in [2.45, 2.75) is 6.42 Å². The van der Waals surface area contributed by atoms with Crippen molar-refractivity contribution < 1.29 is 4.79 Å². The van der Waals surface area contributed by atoms with Gasteiger partial charge in [0.15, 0.2) is 0 Å². The summed E-state index contributed by atoms with van der Waals surface area (Å²) in [6, 6.07) is 9.31. The predicted octanol–water partition coefficient (Wildman–Crippen LogP) is 1.55. The topological polar surface area (TPSA) is 50.2 Å². The molecule has 0 radical (unpaired) electrons. The fourth-order valence-electron chi connectivity index (χ4n) is 1.97. The maximum atomic E-state index is 12.2. The summed E-state index contributed by atoms with van der Waals surface area (Å²) in [5.41, 5.74) is 1.43. The Kier molecular flexibility index (Phi) is 4.90. The maximum Gasteiger partial charge on any atom is 0.253 e. The molecule has 0 saturated carbocycles. The molecule has 1 amide bonds. The molecular weight excluding hydrogens is 252 g/mol. The van der Waals surface area contributed by atoms with Crippen LogP contribution in [0.5, 0.6) is 0 Å². The van der Waals surface area contributed by atoms with Crippen molar-refractivity contribution in [3.8, 4) is 5.69 Å². The van der Waals surface area contributed by atoms with E-state index in [0.717, 1.165) is 18.7 Å². The highest BCUT2D eigenvalue weighted by Gasteiger charge is 2.11. The first kappa shape index (κ1) is 14.3. The number of benzene rings is 1. The van der Waals surface area contributed by atoms with Crippen molar-refractivity contribution in [1.29, 1.82) is 0 Å². The smallest absolute Gasteiger partial charge is 0.253 e. The Hall–Kier alpha value is -2.14. The van der Waals surface area contributed by atoms with Crippen LogP contribution in [0.1, 0.15) is 16.8 Å². The highest BCUT2D eigenvalue weighted by atomic mass is 16.1. The second-order valence-corrected chi connectivity index (χ2v) is 4.88. The van der Waals surface area contributed by atoms with Crippen molar-refractivity contribution >= 4 is 5.91 Å². The number of hydrogen-bond acceptors (Lipinski definition) is 3. The van der Waals surface area contributed by atoms with E-state index in [-0.39, 0.29) is 5.91 Å². The fourth-order valence-corrected chi connectivity index (χ4v) is 1.97. The van der Waals surface area contributed by atoms with Crippen LogP contribution in [-0.4, -0.2) is 47.8 Å². The van der Waals surface area contributed by atoms with Crippen LogP contribution in [0.15, 0.2) is 42.7 Å². The molecule has 0 bridgehead atoms. The van der Waals surface area contributed by atoms with Crippen LogP contribution < -0.4 is 5.32 Å². The lowest BCUT2D eigenvalue weighted by molar-refractivity contribution is 0.0952. The molecule has 0 aliphatic rings. The highest BCUT2D eigenvalue weighted by Crippen LogP contribution is 2.13. The van der Waals surface area contributed by atoms with Crippen LogP contribution >= 0.6 is 0 Å². The van der Waals surface area contributed by atoms with Gasteiger partial charge in [-0.25, -0.2) is 4.68 Å². The number of rotatable bonds is 6. The van der Waals surface area contributed by atoms with E-state index < -0.39 is 0 Å². The number of nitrogens with one attached hydrogen (secondary N) is 1. The number of amides is 1. The van der Waals surface area contributed by atoms with E-state index in [2.05, 4.69) is 15.3 Å². The largest absolute Gasteiger partial charge is 0.352 e. The summed E-state index contributed by atoms with van der Waals surface area (Å²) < 4.78 is 1.70. The molecule has 0 aliphatic heterocycles. The molecule has 0 unspecified atom stereocenters. The van der Waals surface area contributed by atoms with Crippen molar-refractivity contribution in [1.82, 2.24) is 20.0 Å². The number of carbonyl (C=O) groups is 1. The van der Waals surface area contributed by atoms with Gasteiger partial charge in [0.2, 0.25) is 0 Å². The number of nitrogens with zero attached hydrogens (tertiary/aromatic N) is 3. The quantitative estimate of drug-likeness (QED) is 0.812. The Morgan fingerprint density at radius 1 is 1.30 bits per heavy atom. The van der Waals surface area contributed by atoms with Gasteiger partial charge >= 0.3 is 0 Å². The van der Waals surface area contributed by atoms with E-state index in [0.29, 0.717) is 12.1 Å². The van der Waals surface area contributed by atoms with E-state index >= 15 is 0 Å². The van der Waals surface area contributed by atoms with E-state index in [1.54, 1.807) is 10.9 Å². The predicted molar refractivity (Wildman–Crippen MR) is 79.1 cm³/mol. The Bertz CT molecular complexity index is 549. The fraction of sp³-hybridized carbons (Fsp3) is 0.333. The molecule has 1 aromatic carbocycles.